The fraction of sp³-hybridized carbons (Fsp3) is 0.625. The molecule has 43 heavy (non-hydrogen) atoms. The van der Waals surface area contributed by atoms with Gasteiger partial charge in [-0.2, -0.15) is 5.10 Å². The van der Waals surface area contributed by atoms with Gasteiger partial charge in [0.05, 0.1) is 11.8 Å². The second-order valence-corrected chi connectivity index (χ2v) is 13.1. The minimum atomic E-state index is -0.890. The number of anilines is 1. The molecule has 1 aromatic carbocycles. The van der Waals surface area contributed by atoms with Gasteiger partial charge in [0.1, 0.15) is 17.3 Å². The largest absolute Gasteiger partial charge is 0.465 e. The Labute approximate surface area is 254 Å². The molecule has 2 saturated heterocycles. The Morgan fingerprint density at radius 1 is 1.09 bits per heavy atom. The van der Waals surface area contributed by atoms with Gasteiger partial charge in [-0.3, -0.25) is 9.69 Å². The number of amides is 2. The molecule has 236 valence electrons. The highest BCUT2D eigenvalue weighted by Crippen LogP contribution is 2.45. The number of halogens is 1. The monoisotopic (exact) mass is 598 g/mol. The second kappa shape index (κ2) is 13.4. The first-order valence-electron chi connectivity index (χ1n) is 15.4. The fourth-order valence-electron chi connectivity index (χ4n) is 6.71. The van der Waals surface area contributed by atoms with Crippen molar-refractivity contribution in [1.29, 1.82) is 0 Å². The molecule has 0 bridgehead atoms. The van der Waals surface area contributed by atoms with E-state index in [1.807, 2.05) is 33.8 Å². The van der Waals surface area contributed by atoms with Crippen molar-refractivity contribution in [2.24, 2.45) is 11.3 Å². The molecule has 2 aliphatic heterocycles. The number of benzene rings is 1. The smallest absolute Gasteiger partial charge is 0.407 e. The van der Waals surface area contributed by atoms with Crippen LogP contribution in [0, 0.1) is 17.2 Å². The van der Waals surface area contributed by atoms with Crippen molar-refractivity contribution in [2.45, 2.75) is 78.9 Å². The Hall–Kier alpha value is -3.47. The lowest BCUT2D eigenvalue weighted by atomic mass is 9.76. The molecule has 0 radical (unpaired) electrons. The Morgan fingerprint density at radius 3 is 2.42 bits per heavy atom. The van der Waals surface area contributed by atoms with Crippen LogP contribution in [0.2, 0.25) is 0 Å². The molecule has 2 amide bonds. The van der Waals surface area contributed by atoms with Crippen molar-refractivity contribution in [3.63, 3.8) is 0 Å². The number of likely N-dealkylation sites (tertiary alicyclic amines) is 1. The summed E-state index contributed by atoms with van der Waals surface area (Å²) in [5, 5.41) is 17.5. The molecule has 1 unspecified atom stereocenters. The van der Waals surface area contributed by atoms with E-state index in [0.717, 1.165) is 51.1 Å². The molecule has 1 spiro atoms. The summed E-state index contributed by atoms with van der Waals surface area (Å²) in [6.45, 7) is 16.4. The van der Waals surface area contributed by atoms with Gasteiger partial charge in [0.2, 0.25) is 0 Å². The van der Waals surface area contributed by atoms with Crippen molar-refractivity contribution in [3.05, 3.63) is 41.8 Å². The van der Waals surface area contributed by atoms with Crippen LogP contribution >= 0.6 is 0 Å². The highest BCUT2D eigenvalue weighted by molar-refractivity contribution is 5.97. The zero-order valence-corrected chi connectivity index (χ0v) is 26.6. The molecule has 11 heteroatoms. The second-order valence-electron chi connectivity index (χ2n) is 13.1. The minimum Gasteiger partial charge on any atom is -0.465 e. The minimum absolute atomic E-state index is 0.0695. The van der Waals surface area contributed by atoms with E-state index in [1.165, 1.54) is 23.1 Å². The third-order valence-electron chi connectivity index (χ3n) is 8.81. The van der Waals surface area contributed by atoms with Crippen molar-refractivity contribution in [3.8, 4) is 11.6 Å². The maximum absolute atomic E-state index is 14.3. The van der Waals surface area contributed by atoms with E-state index >= 15 is 0 Å². The first-order valence-corrected chi connectivity index (χ1v) is 15.4. The van der Waals surface area contributed by atoms with Crippen LogP contribution in [-0.4, -0.2) is 99.9 Å². The summed E-state index contributed by atoms with van der Waals surface area (Å²) in [5.41, 5.74) is 1.12. The maximum Gasteiger partial charge on any atom is 0.407 e. The molecule has 2 aliphatic rings. The highest BCUT2D eigenvalue weighted by Gasteiger charge is 2.50. The molecule has 4 rings (SSSR count). The number of hydrogen-bond acceptors (Lipinski definition) is 7. The van der Waals surface area contributed by atoms with E-state index in [-0.39, 0.29) is 34.7 Å². The first-order chi connectivity index (χ1) is 20.3. The molecule has 0 aliphatic carbocycles. The van der Waals surface area contributed by atoms with Crippen molar-refractivity contribution < 1.29 is 23.8 Å². The molecule has 1 aromatic heterocycles. The number of carboxylic acid groups (broad SMARTS) is 1. The number of aromatic nitrogens is 2. The zero-order chi connectivity index (χ0) is 31.5. The molecule has 0 saturated carbocycles. The average molecular weight is 599 g/mol. The molecule has 2 aromatic rings. The highest BCUT2D eigenvalue weighted by atomic mass is 19.1. The van der Waals surface area contributed by atoms with Gasteiger partial charge in [-0.05, 0) is 77.1 Å². The van der Waals surface area contributed by atoms with E-state index < -0.39 is 11.9 Å². The van der Waals surface area contributed by atoms with Crippen molar-refractivity contribution in [2.75, 3.05) is 44.7 Å². The van der Waals surface area contributed by atoms with Crippen LogP contribution < -0.4 is 9.64 Å². The molecule has 3 heterocycles. The van der Waals surface area contributed by atoms with Crippen LogP contribution in [-0.2, 0) is 0 Å². The van der Waals surface area contributed by atoms with E-state index in [4.69, 9.17) is 9.84 Å². The predicted molar refractivity (Wildman–Crippen MR) is 164 cm³/mol. The van der Waals surface area contributed by atoms with Crippen molar-refractivity contribution in [1.82, 2.24) is 24.9 Å². The molecular formula is C32H47FN6O4. The molecular weight excluding hydrogens is 551 g/mol. The van der Waals surface area contributed by atoms with Gasteiger partial charge in [0.25, 0.3) is 11.8 Å². The Morgan fingerprint density at radius 2 is 1.79 bits per heavy atom. The van der Waals surface area contributed by atoms with E-state index in [0.29, 0.717) is 24.4 Å². The summed E-state index contributed by atoms with van der Waals surface area (Å²) >= 11 is 0. The van der Waals surface area contributed by atoms with Gasteiger partial charge in [-0.25, -0.2) is 9.18 Å². The average Bonchev–Trinajstić information content (AvgIpc) is 3.36. The summed E-state index contributed by atoms with van der Waals surface area (Å²) < 4.78 is 20.6. The zero-order valence-electron chi connectivity index (χ0n) is 26.6. The number of carbonyl (C=O) groups excluding carboxylic acids is 1. The van der Waals surface area contributed by atoms with Crippen LogP contribution in [0.15, 0.2) is 30.5 Å². The maximum atomic E-state index is 14.3. The number of ether oxygens (including phenoxy) is 1. The first kappa shape index (κ1) is 32.4. The number of carbonyl (C=O) groups is 2. The molecule has 10 nitrogen and oxygen atoms in total. The number of nitrogens with zero attached hydrogens (tertiary/aromatic N) is 6. The third-order valence-corrected chi connectivity index (χ3v) is 8.81. The van der Waals surface area contributed by atoms with Gasteiger partial charge >= 0.3 is 6.09 Å². The van der Waals surface area contributed by atoms with E-state index in [9.17, 15) is 14.0 Å². The summed E-state index contributed by atoms with van der Waals surface area (Å²) in [6.07, 6.45) is 3.59. The van der Waals surface area contributed by atoms with Gasteiger partial charge in [-0.15, -0.1) is 5.10 Å². The van der Waals surface area contributed by atoms with Crippen LogP contribution in [0.1, 0.15) is 71.2 Å². The summed E-state index contributed by atoms with van der Waals surface area (Å²) in [6, 6.07) is 6.15. The van der Waals surface area contributed by atoms with Gasteiger partial charge in [0.15, 0.2) is 0 Å². The quantitative estimate of drug-likeness (QED) is 0.337. The van der Waals surface area contributed by atoms with Gasteiger partial charge in [0, 0.05) is 63.3 Å². The molecule has 1 atom stereocenters. The van der Waals surface area contributed by atoms with E-state index in [2.05, 4.69) is 33.8 Å². The third kappa shape index (κ3) is 7.37. The van der Waals surface area contributed by atoms with Crippen LogP contribution in [0.5, 0.6) is 11.6 Å². The Balaban J connectivity index is 1.46. The van der Waals surface area contributed by atoms with Crippen molar-refractivity contribution >= 4 is 17.7 Å². The molecule has 1 N–H and O–H groups in total. The molecule has 2 fully saturated rings. The topological polar surface area (TPSA) is 102 Å². The summed E-state index contributed by atoms with van der Waals surface area (Å²) in [7, 11) is 1.62. The van der Waals surface area contributed by atoms with Crippen LogP contribution in [0.4, 0.5) is 14.9 Å². The normalized spacial score (nSPS) is 17.0. The lowest BCUT2D eigenvalue weighted by Crippen LogP contribution is -2.62. The Bertz CT molecular complexity index is 1270. The van der Waals surface area contributed by atoms with Crippen LogP contribution in [0.25, 0.3) is 0 Å². The summed E-state index contributed by atoms with van der Waals surface area (Å²) in [4.78, 5) is 32.6. The SMILES string of the molecule is CC(C)C(CCCN(C)C(=O)O)N1CC2(CCN(c3ccnnc3Oc3ccc(F)cc3C(=O)N(C(C)C)C(C)C)C2)C1. The number of hydrogen-bond donors (Lipinski definition) is 1. The summed E-state index contributed by atoms with van der Waals surface area (Å²) in [5.74, 6) is 0.210. The van der Waals surface area contributed by atoms with E-state index in [1.54, 1.807) is 18.1 Å². The lowest BCUT2D eigenvalue weighted by molar-refractivity contribution is -0.0343. The predicted octanol–water partition coefficient (Wildman–Crippen LogP) is 5.59. The van der Waals surface area contributed by atoms with Gasteiger partial charge in [-0.1, -0.05) is 13.8 Å². The number of rotatable bonds is 12. The van der Waals surface area contributed by atoms with Gasteiger partial charge < -0.3 is 24.5 Å². The van der Waals surface area contributed by atoms with Crippen LogP contribution in [0.3, 0.4) is 0 Å². The standard InChI is InChI=1S/C32H47FN6O4/c1-21(2)26(9-8-15-36(7)31(41)42)38-19-32(20-38)13-16-37(18-32)27-12-14-34-35-29(27)43-28-11-10-24(33)17-25(28)30(40)39(22(3)4)23(5)6/h10-12,14,17,21-23,26H,8-9,13,15-16,18-20H2,1-7H3,(H,41,42). The lowest BCUT2D eigenvalue weighted by Gasteiger charge is -2.53. The fourth-order valence-corrected chi connectivity index (χ4v) is 6.71. The Kier molecular flexibility index (Phi) is 10.1.